The predicted octanol–water partition coefficient (Wildman–Crippen LogP) is 3.53. The largest absolute Gasteiger partial charge is 0.324 e. The predicted molar refractivity (Wildman–Crippen MR) is 74.8 cm³/mol. The van der Waals surface area contributed by atoms with Gasteiger partial charge >= 0.3 is 0 Å². The van der Waals surface area contributed by atoms with Crippen LogP contribution in [0.2, 0.25) is 0 Å². The Balaban J connectivity index is 1.95. The molecule has 0 aliphatic carbocycles. The van der Waals surface area contributed by atoms with Crippen molar-refractivity contribution in [2.24, 2.45) is 0 Å². The first-order chi connectivity index (χ1) is 8.81. The summed E-state index contributed by atoms with van der Waals surface area (Å²) in [5.74, 6) is 0.564. The van der Waals surface area contributed by atoms with Crippen LogP contribution in [-0.2, 0) is 0 Å². The number of nitrogens with zero attached hydrogens (tertiary/aromatic N) is 3. The summed E-state index contributed by atoms with van der Waals surface area (Å²) in [6.07, 6.45) is 5.24. The zero-order chi connectivity index (χ0) is 12.4. The van der Waals surface area contributed by atoms with Crippen molar-refractivity contribution in [1.29, 1.82) is 0 Å². The summed E-state index contributed by atoms with van der Waals surface area (Å²) in [6, 6.07) is 9.74. The van der Waals surface area contributed by atoms with E-state index in [9.17, 15) is 0 Å². The summed E-state index contributed by atoms with van der Waals surface area (Å²) in [7, 11) is 0. The van der Waals surface area contributed by atoms with Gasteiger partial charge in [0.05, 0.1) is 11.7 Å². The number of pyridine rings is 1. The molecule has 1 N–H and O–H groups in total. The Morgan fingerprint density at radius 3 is 2.94 bits per heavy atom. The summed E-state index contributed by atoms with van der Waals surface area (Å²) in [5, 5.41) is 4.13. The van der Waals surface area contributed by atoms with E-state index < -0.39 is 0 Å². The lowest BCUT2D eigenvalue weighted by Crippen LogP contribution is -1.97. The topological polar surface area (TPSA) is 50.7 Å². The van der Waals surface area contributed by atoms with E-state index >= 15 is 0 Å². The number of aromatic nitrogens is 3. The Labute approximate surface area is 112 Å². The summed E-state index contributed by atoms with van der Waals surface area (Å²) < 4.78 is 1.01. The van der Waals surface area contributed by atoms with Crippen LogP contribution in [0.5, 0.6) is 0 Å². The van der Waals surface area contributed by atoms with Crippen molar-refractivity contribution >= 4 is 38.5 Å². The molecule has 0 amide bonds. The van der Waals surface area contributed by atoms with Crippen molar-refractivity contribution in [3.63, 3.8) is 0 Å². The molecule has 2 heterocycles. The third kappa shape index (κ3) is 2.31. The van der Waals surface area contributed by atoms with E-state index in [0.29, 0.717) is 5.95 Å². The fraction of sp³-hybridized carbons (Fsp3) is 0. The average molecular weight is 301 g/mol. The molecule has 0 radical (unpaired) electrons. The Bertz CT molecular complexity index is 699. The maximum atomic E-state index is 4.40. The van der Waals surface area contributed by atoms with Gasteiger partial charge in [-0.15, -0.1) is 0 Å². The first-order valence-corrected chi connectivity index (χ1v) is 6.20. The van der Waals surface area contributed by atoms with E-state index in [-0.39, 0.29) is 0 Å². The maximum absolute atomic E-state index is 4.40. The fourth-order valence-corrected chi connectivity index (χ4v) is 2.03. The van der Waals surface area contributed by atoms with Crippen molar-refractivity contribution < 1.29 is 0 Å². The molecule has 3 aromatic rings. The number of fused-ring (bicyclic) bond motifs is 1. The zero-order valence-corrected chi connectivity index (χ0v) is 10.9. The summed E-state index contributed by atoms with van der Waals surface area (Å²) >= 11 is 3.42. The van der Waals surface area contributed by atoms with E-state index in [4.69, 9.17) is 0 Å². The standard InChI is InChI=1S/C13H9BrN4/c14-10-2-1-3-11(6-10)17-13-16-7-9-4-5-15-8-12(9)18-13/h1-8H,(H,16,17,18). The van der Waals surface area contributed by atoms with E-state index in [1.165, 1.54) is 0 Å². The van der Waals surface area contributed by atoms with Crippen LogP contribution < -0.4 is 5.32 Å². The van der Waals surface area contributed by atoms with Crippen LogP contribution in [0.25, 0.3) is 10.9 Å². The fourth-order valence-electron chi connectivity index (χ4n) is 1.63. The highest BCUT2D eigenvalue weighted by Crippen LogP contribution is 2.19. The van der Waals surface area contributed by atoms with Crippen molar-refractivity contribution in [3.05, 3.63) is 53.4 Å². The Morgan fingerprint density at radius 1 is 1.11 bits per heavy atom. The summed E-state index contributed by atoms with van der Waals surface area (Å²) in [4.78, 5) is 12.7. The summed E-state index contributed by atoms with van der Waals surface area (Å²) in [5.41, 5.74) is 1.76. The van der Waals surface area contributed by atoms with Gasteiger partial charge in [0.25, 0.3) is 0 Å². The molecule has 0 spiro atoms. The highest BCUT2D eigenvalue weighted by Gasteiger charge is 2.00. The first kappa shape index (κ1) is 11.1. The molecule has 0 atom stereocenters. The van der Waals surface area contributed by atoms with E-state index in [1.807, 2.05) is 30.3 Å². The van der Waals surface area contributed by atoms with E-state index in [1.54, 1.807) is 18.6 Å². The molecular formula is C13H9BrN4. The lowest BCUT2D eigenvalue weighted by Gasteiger charge is -2.05. The molecule has 0 bridgehead atoms. The lowest BCUT2D eigenvalue weighted by molar-refractivity contribution is 1.20. The SMILES string of the molecule is Brc1cccc(Nc2ncc3ccncc3n2)c1. The van der Waals surface area contributed by atoms with Gasteiger partial charge in [0, 0.05) is 27.9 Å². The average Bonchev–Trinajstić information content (AvgIpc) is 2.39. The molecule has 0 unspecified atom stereocenters. The van der Waals surface area contributed by atoms with Gasteiger partial charge in [-0.1, -0.05) is 22.0 Å². The molecule has 2 aromatic heterocycles. The molecule has 0 aliphatic heterocycles. The second-order valence-electron chi connectivity index (χ2n) is 3.76. The van der Waals surface area contributed by atoms with Gasteiger partial charge in [-0.2, -0.15) is 0 Å². The number of anilines is 2. The third-order valence-electron chi connectivity index (χ3n) is 2.47. The van der Waals surface area contributed by atoms with Gasteiger partial charge in [-0.3, -0.25) is 4.98 Å². The van der Waals surface area contributed by atoms with E-state index in [0.717, 1.165) is 21.1 Å². The molecule has 0 saturated heterocycles. The monoisotopic (exact) mass is 300 g/mol. The van der Waals surface area contributed by atoms with Gasteiger partial charge in [-0.05, 0) is 24.3 Å². The Kier molecular flexibility index (Phi) is 2.90. The summed E-state index contributed by atoms with van der Waals surface area (Å²) in [6.45, 7) is 0. The number of hydrogen-bond acceptors (Lipinski definition) is 4. The second-order valence-corrected chi connectivity index (χ2v) is 4.68. The van der Waals surface area contributed by atoms with Gasteiger partial charge < -0.3 is 5.32 Å². The number of benzene rings is 1. The van der Waals surface area contributed by atoms with Gasteiger partial charge in [-0.25, -0.2) is 9.97 Å². The number of nitrogens with one attached hydrogen (secondary N) is 1. The van der Waals surface area contributed by atoms with Crippen LogP contribution in [-0.4, -0.2) is 15.0 Å². The van der Waals surface area contributed by atoms with Crippen molar-refractivity contribution in [3.8, 4) is 0 Å². The molecule has 0 fully saturated rings. The highest BCUT2D eigenvalue weighted by molar-refractivity contribution is 9.10. The molecule has 0 saturated carbocycles. The quantitative estimate of drug-likeness (QED) is 0.786. The van der Waals surface area contributed by atoms with Crippen LogP contribution in [0.1, 0.15) is 0 Å². The molecular weight excluding hydrogens is 292 g/mol. The number of hydrogen-bond donors (Lipinski definition) is 1. The minimum absolute atomic E-state index is 0.564. The van der Waals surface area contributed by atoms with Crippen molar-refractivity contribution in [2.45, 2.75) is 0 Å². The molecule has 5 heteroatoms. The second kappa shape index (κ2) is 4.70. The minimum atomic E-state index is 0.564. The Morgan fingerprint density at radius 2 is 2.06 bits per heavy atom. The lowest BCUT2D eigenvalue weighted by atomic mass is 10.3. The zero-order valence-electron chi connectivity index (χ0n) is 9.34. The van der Waals surface area contributed by atoms with Crippen molar-refractivity contribution in [2.75, 3.05) is 5.32 Å². The number of rotatable bonds is 2. The van der Waals surface area contributed by atoms with E-state index in [2.05, 4.69) is 36.2 Å². The normalized spacial score (nSPS) is 10.5. The molecule has 0 aliphatic rings. The molecule has 18 heavy (non-hydrogen) atoms. The highest BCUT2D eigenvalue weighted by atomic mass is 79.9. The van der Waals surface area contributed by atoms with Gasteiger partial charge in [0.15, 0.2) is 0 Å². The van der Waals surface area contributed by atoms with Crippen LogP contribution in [0.3, 0.4) is 0 Å². The van der Waals surface area contributed by atoms with Gasteiger partial charge in [0.2, 0.25) is 5.95 Å². The molecule has 3 rings (SSSR count). The molecule has 1 aromatic carbocycles. The van der Waals surface area contributed by atoms with Crippen LogP contribution in [0.4, 0.5) is 11.6 Å². The Hall–Kier alpha value is -2.01. The van der Waals surface area contributed by atoms with Gasteiger partial charge in [0.1, 0.15) is 0 Å². The first-order valence-electron chi connectivity index (χ1n) is 5.41. The smallest absolute Gasteiger partial charge is 0.227 e. The molecule has 4 nitrogen and oxygen atoms in total. The van der Waals surface area contributed by atoms with Crippen LogP contribution in [0, 0.1) is 0 Å². The minimum Gasteiger partial charge on any atom is -0.324 e. The third-order valence-corrected chi connectivity index (χ3v) is 2.96. The van der Waals surface area contributed by atoms with Crippen LogP contribution in [0.15, 0.2) is 53.4 Å². The van der Waals surface area contributed by atoms with Crippen LogP contribution >= 0.6 is 15.9 Å². The molecule has 88 valence electrons. The maximum Gasteiger partial charge on any atom is 0.227 e. The van der Waals surface area contributed by atoms with Crippen molar-refractivity contribution in [1.82, 2.24) is 15.0 Å². The number of halogens is 1.